The second-order valence-electron chi connectivity index (χ2n) is 5.01. The van der Waals surface area contributed by atoms with Gasteiger partial charge in [0.25, 0.3) is 0 Å². The molecule has 0 aromatic heterocycles. The first-order valence-corrected chi connectivity index (χ1v) is 6.38. The van der Waals surface area contributed by atoms with Crippen LogP contribution in [0.4, 0.5) is 0 Å². The lowest BCUT2D eigenvalue weighted by Gasteiger charge is -2.29. The molecule has 0 unspecified atom stereocenters. The van der Waals surface area contributed by atoms with E-state index in [9.17, 15) is 10.1 Å². The molecule has 0 saturated heterocycles. The first kappa shape index (κ1) is 12.6. The number of carbonyl (C=O) groups excluding carboxylic acids is 1. The smallest absolute Gasteiger partial charge is 0.217 e. The highest BCUT2D eigenvalue weighted by atomic mass is 16.1. The molecule has 0 spiro atoms. The lowest BCUT2D eigenvalue weighted by molar-refractivity contribution is -0.119. The summed E-state index contributed by atoms with van der Waals surface area (Å²) in [7, 11) is 0. The number of carbonyl (C=O) groups is 1. The molecule has 0 heterocycles. The zero-order valence-electron chi connectivity index (χ0n) is 10.9. The minimum atomic E-state index is -0.414. The zero-order chi connectivity index (χ0) is 13.1. The van der Waals surface area contributed by atoms with E-state index in [1.165, 1.54) is 23.6 Å². The van der Waals surface area contributed by atoms with Gasteiger partial charge in [-0.15, -0.1) is 0 Å². The molecule has 0 saturated carbocycles. The summed E-state index contributed by atoms with van der Waals surface area (Å²) >= 11 is 0. The maximum atomic E-state index is 11.2. The molecule has 94 valence electrons. The molecule has 0 aliphatic heterocycles. The van der Waals surface area contributed by atoms with Gasteiger partial charge in [-0.25, -0.2) is 0 Å². The molecule has 3 heteroatoms. The van der Waals surface area contributed by atoms with Gasteiger partial charge >= 0.3 is 0 Å². The number of amides is 1. The van der Waals surface area contributed by atoms with Gasteiger partial charge in [-0.05, 0) is 37.3 Å². The van der Waals surface area contributed by atoms with Crippen LogP contribution in [0.3, 0.4) is 0 Å². The highest BCUT2D eigenvalue weighted by molar-refractivity contribution is 5.73. The van der Waals surface area contributed by atoms with Crippen LogP contribution in [0, 0.1) is 18.3 Å². The minimum Gasteiger partial charge on any atom is -0.340 e. The molecule has 0 fully saturated rings. The number of hydrogen-bond donors (Lipinski definition) is 1. The van der Waals surface area contributed by atoms with Crippen LogP contribution in [-0.2, 0) is 11.2 Å². The number of rotatable bonds is 2. The Morgan fingerprint density at radius 3 is 3.00 bits per heavy atom. The summed E-state index contributed by atoms with van der Waals surface area (Å²) in [4.78, 5) is 11.2. The van der Waals surface area contributed by atoms with Crippen molar-refractivity contribution in [2.75, 3.05) is 0 Å². The van der Waals surface area contributed by atoms with Gasteiger partial charge in [0.1, 0.15) is 6.04 Å². The van der Waals surface area contributed by atoms with Crippen molar-refractivity contribution in [2.45, 2.75) is 45.1 Å². The number of hydrogen-bond acceptors (Lipinski definition) is 2. The molecule has 1 aliphatic carbocycles. The molecule has 1 aromatic carbocycles. The van der Waals surface area contributed by atoms with Crippen LogP contribution in [0.15, 0.2) is 18.2 Å². The molecule has 0 bridgehead atoms. The van der Waals surface area contributed by atoms with E-state index < -0.39 is 6.04 Å². The summed E-state index contributed by atoms with van der Waals surface area (Å²) in [5.74, 6) is -0.0103. The molecule has 1 N–H and O–H groups in total. The van der Waals surface area contributed by atoms with Crippen LogP contribution in [0.5, 0.6) is 0 Å². The molecule has 1 aliphatic rings. The van der Waals surface area contributed by atoms with Crippen molar-refractivity contribution in [2.24, 2.45) is 0 Å². The molecule has 1 aromatic rings. The quantitative estimate of drug-likeness (QED) is 0.866. The third-order valence-corrected chi connectivity index (χ3v) is 3.56. The fourth-order valence-electron chi connectivity index (χ4n) is 2.74. The Kier molecular flexibility index (Phi) is 3.66. The number of nitrogens with zero attached hydrogens (tertiary/aromatic N) is 1. The number of nitriles is 1. The van der Waals surface area contributed by atoms with E-state index in [-0.39, 0.29) is 11.8 Å². The topological polar surface area (TPSA) is 52.9 Å². The van der Waals surface area contributed by atoms with E-state index >= 15 is 0 Å². The average Bonchev–Trinajstić information content (AvgIpc) is 2.35. The Bertz CT molecular complexity index is 502. The van der Waals surface area contributed by atoms with Gasteiger partial charge < -0.3 is 5.32 Å². The molecule has 0 radical (unpaired) electrons. The van der Waals surface area contributed by atoms with E-state index in [2.05, 4.69) is 36.5 Å². The van der Waals surface area contributed by atoms with E-state index in [4.69, 9.17) is 0 Å². The van der Waals surface area contributed by atoms with Gasteiger partial charge in [0.05, 0.1) is 6.07 Å². The van der Waals surface area contributed by atoms with Crippen LogP contribution in [0.2, 0.25) is 0 Å². The standard InChI is InChI=1S/C15H18N2O/c1-10-6-7-12-4-3-5-13(14(12)8-10)15(9-16)17-11(2)18/h6-8,13,15H,3-5H2,1-2H3,(H,17,18)/t13-,15+/m1/s1. The molecule has 2 atom stereocenters. The Morgan fingerprint density at radius 2 is 2.33 bits per heavy atom. The zero-order valence-corrected chi connectivity index (χ0v) is 10.9. The van der Waals surface area contributed by atoms with E-state index in [0.717, 1.165) is 19.3 Å². The minimum absolute atomic E-state index is 0.127. The predicted octanol–water partition coefficient (Wildman–Crippen LogP) is 2.44. The lowest BCUT2D eigenvalue weighted by atomic mass is 9.78. The monoisotopic (exact) mass is 242 g/mol. The van der Waals surface area contributed by atoms with Crippen LogP contribution < -0.4 is 5.32 Å². The van der Waals surface area contributed by atoms with Gasteiger partial charge in [0.15, 0.2) is 0 Å². The number of aryl methyl sites for hydroxylation is 2. The second kappa shape index (κ2) is 5.22. The number of benzene rings is 1. The largest absolute Gasteiger partial charge is 0.340 e. The lowest BCUT2D eigenvalue weighted by Crippen LogP contribution is -2.38. The van der Waals surface area contributed by atoms with Gasteiger partial charge in [-0.1, -0.05) is 23.8 Å². The van der Waals surface area contributed by atoms with E-state index in [0.29, 0.717) is 0 Å². The van der Waals surface area contributed by atoms with Gasteiger partial charge in [-0.2, -0.15) is 5.26 Å². The SMILES string of the molecule is CC(=O)N[C@@H](C#N)[C@@H]1CCCc2ccc(C)cc21. The maximum absolute atomic E-state index is 11.2. The molecule has 1 amide bonds. The van der Waals surface area contributed by atoms with E-state index in [1.807, 2.05) is 0 Å². The van der Waals surface area contributed by atoms with Gasteiger partial charge in [0, 0.05) is 12.8 Å². The molecular formula is C15H18N2O. The van der Waals surface area contributed by atoms with Gasteiger partial charge in [-0.3, -0.25) is 4.79 Å². The first-order valence-electron chi connectivity index (χ1n) is 6.38. The van der Waals surface area contributed by atoms with Crippen LogP contribution >= 0.6 is 0 Å². The summed E-state index contributed by atoms with van der Waals surface area (Å²) in [6, 6.07) is 8.24. The Balaban J connectivity index is 2.34. The van der Waals surface area contributed by atoms with Crippen molar-refractivity contribution in [3.63, 3.8) is 0 Å². The molecule has 18 heavy (non-hydrogen) atoms. The summed E-state index contributed by atoms with van der Waals surface area (Å²) < 4.78 is 0. The normalized spacial score (nSPS) is 19.5. The summed E-state index contributed by atoms with van der Waals surface area (Å²) in [6.07, 6.45) is 3.12. The highest BCUT2D eigenvalue weighted by Crippen LogP contribution is 2.34. The fourth-order valence-corrected chi connectivity index (χ4v) is 2.74. The molecule has 3 nitrogen and oxygen atoms in total. The van der Waals surface area contributed by atoms with Crippen LogP contribution in [-0.4, -0.2) is 11.9 Å². The summed E-state index contributed by atoms with van der Waals surface area (Å²) in [6.45, 7) is 3.52. The third kappa shape index (κ3) is 2.53. The Labute approximate surface area is 108 Å². The van der Waals surface area contributed by atoms with Crippen molar-refractivity contribution in [3.8, 4) is 6.07 Å². The van der Waals surface area contributed by atoms with Crippen molar-refractivity contribution >= 4 is 5.91 Å². The number of nitrogens with one attached hydrogen (secondary N) is 1. The first-order chi connectivity index (χ1) is 8.61. The van der Waals surface area contributed by atoms with Crippen molar-refractivity contribution in [1.29, 1.82) is 5.26 Å². The Morgan fingerprint density at radius 1 is 1.56 bits per heavy atom. The molecule has 2 rings (SSSR count). The predicted molar refractivity (Wildman–Crippen MR) is 70.1 cm³/mol. The molecular weight excluding hydrogens is 224 g/mol. The maximum Gasteiger partial charge on any atom is 0.217 e. The third-order valence-electron chi connectivity index (χ3n) is 3.56. The van der Waals surface area contributed by atoms with Crippen LogP contribution in [0.25, 0.3) is 0 Å². The van der Waals surface area contributed by atoms with E-state index in [1.54, 1.807) is 0 Å². The van der Waals surface area contributed by atoms with Crippen LogP contribution in [0.1, 0.15) is 42.4 Å². The Hall–Kier alpha value is -1.82. The second-order valence-corrected chi connectivity index (χ2v) is 5.01. The summed E-state index contributed by atoms with van der Waals surface area (Å²) in [5, 5.41) is 12.0. The van der Waals surface area contributed by atoms with Crippen molar-refractivity contribution < 1.29 is 4.79 Å². The number of fused-ring (bicyclic) bond motifs is 1. The average molecular weight is 242 g/mol. The fraction of sp³-hybridized carbons (Fsp3) is 0.467. The summed E-state index contributed by atoms with van der Waals surface area (Å²) in [5.41, 5.74) is 3.77. The van der Waals surface area contributed by atoms with Gasteiger partial charge in [0.2, 0.25) is 5.91 Å². The van der Waals surface area contributed by atoms with Crippen molar-refractivity contribution in [1.82, 2.24) is 5.32 Å². The highest BCUT2D eigenvalue weighted by Gasteiger charge is 2.28. The van der Waals surface area contributed by atoms with Crippen molar-refractivity contribution in [3.05, 3.63) is 34.9 Å².